The van der Waals surface area contributed by atoms with Crippen molar-refractivity contribution < 1.29 is 17.9 Å². The zero-order chi connectivity index (χ0) is 24.1. The van der Waals surface area contributed by atoms with E-state index in [4.69, 9.17) is 4.74 Å². The zero-order valence-electron chi connectivity index (χ0n) is 20.7. The predicted octanol–water partition coefficient (Wildman–Crippen LogP) is 9.09. The van der Waals surface area contributed by atoms with E-state index in [9.17, 15) is 13.2 Å². The molecule has 0 heterocycles. The van der Waals surface area contributed by atoms with E-state index in [1.807, 2.05) is 31.2 Å². The van der Waals surface area contributed by atoms with Crippen LogP contribution in [-0.4, -0.2) is 6.61 Å². The summed E-state index contributed by atoms with van der Waals surface area (Å²) in [5.74, 6) is 0.736. The Balaban J connectivity index is 1.30. The molecule has 0 N–H and O–H groups in total. The summed E-state index contributed by atoms with van der Waals surface area (Å²) < 4.78 is 49.8. The van der Waals surface area contributed by atoms with Gasteiger partial charge in [-0.15, -0.1) is 0 Å². The van der Waals surface area contributed by atoms with Crippen molar-refractivity contribution >= 4 is 0 Å². The van der Waals surface area contributed by atoms with Crippen LogP contribution in [0.15, 0.2) is 30.3 Å². The summed E-state index contributed by atoms with van der Waals surface area (Å²) in [7, 11) is 0. The molecule has 0 spiro atoms. The molecule has 0 aliphatic heterocycles. The van der Waals surface area contributed by atoms with Gasteiger partial charge < -0.3 is 4.74 Å². The molecule has 2 fully saturated rings. The van der Waals surface area contributed by atoms with Gasteiger partial charge in [0.05, 0.1) is 6.61 Å². The van der Waals surface area contributed by atoms with Crippen molar-refractivity contribution in [1.29, 1.82) is 0 Å². The van der Waals surface area contributed by atoms with E-state index in [2.05, 4.69) is 6.92 Å². The van der Waals surface area contributed by atoms with Crippen LogP contribution in [-0.2, 0) is 6.42 Å². The largest absolute Gasteiger partial charge is 0.494 e. The van der Waals surface area contributed by atoms with Gasteiger partial charge in [0.25, 0.3) is 0 Å². The van der Waals surface area contributed by atoms with Crippen molar-refractivity contribution in [3.05, 3.63) is 64.5 Å². The minimum Gasteiger partial charge on any atom is -0.494 e. The fraction of sp³-hybridized carbons (Fsp3) is 0.600. The van der Waals surface area contributed by atoms with Crippen molar-refractivity contribution in [1.82, 2.24) is 0 Å². The van der Waals surface area contributed by atoms with Crippen LogP contribution >= 0.6 is 0 Å². The summed E-state index contributed by atoms with van der Waals surface area (Å²) in [6, 6.07) is 8.86. The van der Waals surface area contributed by atoms with Crippen LogP contribution in [0.5, 0.6) is 5.75 Å². The van der Waals surface area contributed by atoms with Crippen molar-refractivity contribution in [3.8, 4) is 5.75 Å². The predicted molar refractivity (Wildman–Crippen MR) is 132 cm³/mol. The van der Waals surface area contributed by atoms with Gasteiger partial charge in [0.15, 0.2) is 11.6 Å². The van der Waals surface area contributed by atoms with Crippen molar-refractivity contribution in [2.45, 2.75) is 96.3 Å². The molecule has 2 saturated carbocycles. The van der Waals surface area contributed by atoms with Crippen LogP contribution in [0.4, 0.5) is 13.2 Å². The molecule has 4 rings (SSSR count). The summed E-state index contributed by atoms with van der Waals surface area (Å²) in [4.78, 5) is 0. The lowest BCUT2D eigenvalue weighted by Crippen LogP contribution is -2.16. The minimum absolute atomic E-state index is 0.157. The van der Waals surface area contributed by atoms with Gasteiger partial charge in [-0.2, -0.15) is 0 Å². The van der Waals surface area contributed by atoms with E-state index in [0.29, 0.717) is 35.8 Å². The second-order valence-electron chi connectivity index (χ2n) is 10.4. The summed E-state index contributed by atoms with van der Waals surface area (Å²) in [5, 5.41) is 0. The van der Waals surface area contributed by atoms with Gasteiger partial charge in [0.1, 0.15) is 11.6 Å². The van der Waals surface area contributed by atoms with Crippen molar-refractivity contribution in [3.63, 3.8) is 0 Å². The van der Waals surface area contributed by atoms with Gasteiger partial charge in [-0.05, 0) is 118 Å². The fourth-order valence-corrected chi connectivity index (χ4v) is 6.21. The first kappa shape index (κ1) is 25.1. The minimum atomic E-state index is -0.639. The Morgan fingerprint density at radius 1 is 0.735 bits per heavy atom. The van der Waals surface area contributed by atoms with E-state index in [1.165, 1.54) is 12.5 Å². The molecule has 0 unspecified atom stereocenters. The maximum absolute atomic E-state index is 14.9. The molecular formula is C30H39F3O. The lowest BCUT2D eigenvalue weighted by molar-refractivity contribution is 0.303. The second-order valence-corrected chi connectivity index (χ2v) is 10.4. The average molecular weight is 473 g/mol. The fourth-order valence-electron chi connectivity index (χ4n) is 6.21. The molecule has 0 saturated heterocycles. The Morgan fingerprint density at radius 3 is 1.97 bits per heavy atom. The van der Waals surface area contributed by atoms with Gasteiger partial charge in [-0.3, -0.25) is 0 Å². The van der Waals surface area contributed by atoms with Crippen molar-refractivity contribution in [2.75, 3.05) is 6.61 Å². The molecule has 1 nitrogen and oxygen atoms in total. The van der Waals surface area contributed by atoms with E-state index < -0.39 is 11.6 Å². The summed E-state index contributed by atoms with van der Waals surface area (Å²) in [5.41, 5.74) is 1.86. The quantitative estimate of drug-likeness (QED) is 0.372. The van der Waals surface area contributed by atoms with E-state index >= 15 is 0 Å². The SMILES string of the molecule is CCOc1ccc(C2CCC(CCc3ccc(C4CCC(CC)CC4)c(F)c3F)CC2)c(F)c1. The molecule has 0 aromatic heterocycles. The normalized spacial score (nSPS) is 25.3. The van der Waals surface area contributed by atoms with Crippen molar-refractivity contribution in [2.24, 2.45) is 11.8 Å². The van der Waals surface area contributed by atoms with E-state index in [0.717, 1.165) is 69.3 Å². The molecule has 0 atom stereocenters. The van der Waals surface area contributed by atoms with Gasteiger partial charge in [0.2, 0.25) is 0 Å². The van der Waals surface area contributed by atoms with Gasteiger partial charge in [-0.25, -0.2) is 13.2 Å². The smallest absolute Gasteiger partial charge is 0.162 e. The summed E-state index contributed by atoms with van der Waals surface area (Å²) in [6.07, 6.45) is 10.6. The maximum atomic E-state index is 14.9. The van der Waals surface area contributed by atoms with Crippen LogP contribution < -0.4 is 4.74 Å². The van der Waals surface area contributed by atoms with Crippen LogP contribution in [0.3, 0.4) is 0 Å². The molecule has 2 aromatic rings. The topological polar surface area (TPSA) is 9.23 Å². The monoisotopic (exact) mass is 472 g/mol. The van der Waals surface area contributed by atoms with Gasteiger partial charge in [-0.1, -0.05) is 31.5 Å². The molecule has 4 heteroatoms. The standard InChI is InChI=1S/C30H39F3O/c1-3-20-5-10-23(11-6-20)27-17-15-24(29(32)30(27)33)14-9-21-7-12-22(13-8-21)26-18-16-25(34-4-2)19-28(26)31/h15-23H,3-14H2,1-2H3. The third-order valence-corrected chi connectivity index (χ3v) is 8.45. The molecule has 0 bridgehead atoms. The Bertz CT molecular complexity index is 940. The number of benzene rings is 2. The molecule has 0 radical (unpaired) electrons. The Labute approximate surface area is 203 Å². The molecule has 186 valence electrons. The first-order valence-corrected chi connectivity index (χ1v) is 13.4. The molecular weight excluding hydrogens is 433 g/mol. The van der Waals surface area contributed by atoms with Gasteiger partial charge >= 0.3 is 0 Å². The highest BCUT2D eigenvalue weighted by atomic mass is 19.2. The molecule has 2 aliphatic rings. The van der Waals surface area contributed by atoms with E-state index in [1.54, 1.807) is 0 Å². The maximum Gasteiger partial charge on any atom is 0.162 e. The highest BCUT2D eigenvalue weighted by Crippen LogP contribution is 2.41. The Hall–Kier alpha value is -1.97. The zero-order valence-corrected chi connectivity index (χ0v) is 20.7. The summed E-state index contributed by atoms with van der Waals surface area (Å²) >= 11 is 0. The van der Waals surface area contributed by atoms with E-state index in [-0.39, 0.29) is 17.7 Å². The van der Waals surface area contributed by atoms with Gasteiger partial charge in [0, 0.05) is 6.07 Å². The second kappa shape index (κ2) is 11.6. The number of rotatable bonds is 8. The molecule has 34 heavy (non-hydrogen) atoms. The summed E-state index contributed by atoms with van der Waals surface area (Å²) in [6.45, 7) is 4.63. The average Bonchev–Trinajstić information content (AvgIpc) is 2.86. The molecule has 0 amide bonds. The van der Waals surface area contributed by atoms with Crippen LogP contribution in [0, 0.1) is 29.3 Å². The Kier molecular flexibility index (Phi) is 8.60. The number of halogens is 3. The highest BCUT2D eigenvalue weighted by Gasteiger charge is 2.27. The number of hydrogen-bond donors (Lipinski definition) is 0. The van der Waals surface area contributed by atoms with Crippen LogP contribution in [0.2, 0.25) is 0 Å². The lowest BCUT2D eigenvalue weighted by Gasteiger charge is -2.29. The molecule has 2 aromatic carbocycles. The van der Waals surface area contributed by atoms with Crippen LogP contribution in [0.1, 0.15) is 107 Å². The first-order valence-electron chi connectivity index (χ1n) is 13.4. The number of aryl methyl sites for hydroxylation is 1. The third kappa shape index (κ3) is 5.80. The first-order chi connectivity index (χ1) is 16.5. The highest BCUT2D eigenvalue weighted by molar-refractivity contribution is 5.32. The lowest BCUT2D eigenvalue weighted by atomic mass is 9.76. The number of hydrogen-bond acceptors (Lipinski definition) is 1. The molecule has 2 aliphatic carbocycles. The van der Waals surface area contributed by atoms with Crippen LogP contribution in [0.25, 0.3) is 0 Å². The third-order valence-electron chi connectivity index (χ3n) is 8.45. The number of ether oxygens (including phenoxy) is 1. The Morgan fingerprint density at radius 2 is 1.35 bits per heavy atom.